The van der Waals surface area contributed by atoms with Crippen LogP contribution >= 0.6 is 0 Å². The minimum Gasteiger partial charge on any atom is -0.452 e. The van der Waals surface area contributed by atoms with E-state index in [-0.39, 0.29) is 11.3 Å². The third kappa shape index (κ3) is 4.41. The van der Waals surface area contributed by atoms with Crippen LogP contribution < -0.4 is 10.6 Å². The highest BCUT2D eigenvalue weighted by Crippen LogP contribution is 2.31. The highest BCUT2D eigenvalue weighted by Gasteiger charge is 2.23. The molecule has 1 heterocycles. The van der Waals surface area contributed by atoms with Crippen LogP contribution in [0.4, 0.5) is 11.4 Å². The monoisotopic (exact) mass is 321 g/mol. The third-order valence-electron chi connectivity index (χ3n) is 3.70. The lowest BCUT2D eigenvalue weighted by atomic mass is 10.1. The second kappa shape index (κ2) is 7.57. The summed E-state index contributed by atoms with van der Waals surface area (Å²) in [5.41, 5.74) is 5.29. The zero-order valence-electron chi connectivity index (χ0n) is 12.7. The molecule has 0 radical (unpaired) electrons. The summed E-state index contributed by atoms with van der Waals surface area (Å²) in [6.07, 6.45) is 4.20. The average Bonchev–Trinajstić information content (AvgIpc) is 2.81. The molecule has 8 heteroatoms. The lowest BCUT2D eigenvalue weighted by Crippen LogP contribution is -2.25. The van der Waals surface area contributed by atoms with Crippen molar-refractivity contribution in [1.82, 2.24) is 0 Å². The van der Waals surface area contributed by atoms with E-state index in [1.807, 2.05) is 4.90 Å². The number of hydrogen-bond acceptors (Lipinski definition) is 6. The van der Waals surface area contributed by atoms with Crippen molar-refractivity contribution >= 4 is 23.3 Å². The molecule has 0 bridgehead atoms. The highest BCUT2D eigenvalue weighted by molar-refractivity contribution is 5.92. The van der Waals surface area contributed by atoms with Gasteiger partial charge in [0.1, 0.15) is 5.69 Å². The summed E-state index contributed by atoms with van der Waals surface area (Å²) in [7, 11) is 0. The first kappa shape index (κ1) is 16.7. The van der Waals surface area contributed by atoms with Crippen molar-refractivity contribution in [3.05, 3.63) is 33.9 Å². The Morgan fingerprint density at radius 1 is 1.22 bits per heavy atom. The molecular weight excluding hydrogens is 302 g/mol. The van der Waals surface area contributed by atoms with E-state index in [1.165, 1.54) is 12.1 Å². The van der Waals surface area contributed by atoms with Gasteiger partial charge < -0.3 is 15.4 Å². The van der Waals surface area contributed by atoms with Crippen molar-refractivity contribution in [3.63, 3.8) is 0 Å². The fourth-order valence-electron chi connectivity index (χ4n) is 2.60. The van der Waals surface area contributed by atoms with Gasteiger partial charge in [0, 0.05) is 19.2 Å². The molecule has 0 spiro atoms. The van der Waals surface area contributed by atoms with Crippen LogP contribution in [-0.4, -0.2) is 36.5 Å². The van der Waals surface area contributed by atoms with Gasteiger partial charge in [0.25, 0.3) is 11.6 Å². The number of hydrogen-bond donors (Lipinski definition) is 1. The molecular formula is C15H19N3O5. The summed E-state index contributed by atoms with van der Waals surface area (Å²) in [5.74, 6) is -1.59. The largest absolute Gasteiger partial charge is 0.452 e. The number of nitrogens with zero attached hydrogens (tertiary/aromatic N) is 2. The Kier molecular flexibility index (Phi) is 5.51. The topological polar surface area (TPSA) is 116 Å². The van der Waals surface area contributed by atoms with Gasteiger partial charge in [0.2, 0.25) is 0 Å². The standard InChI is InChI=1S/C15H19N3O5/c16-14(19)10-23-15(20)11-5-6-12(13(9-11)18(21)22)17-7-3-1-2-4-8-17/h5-6,9H,1-4,7-8,10H2,(H2,16,19). The van der Waals surface area contributed by atoms with Crippen molar-refractivity contribution < 1.29 is 19.2 Å². The Morgan fingerprint density at radius 3 is 2.43 bits per heavy atom. The molecule has 124 valence electrons. The van der Waals surface area contributed by atoms with Gasteiger partial charge in [0.15, 0.2) is 6.61 Å². The number of nitrogens with two attached hydrogens (primary N) is 1. The Balaban J connectivity index is 2.25. The summed E-state index contributed by atoms with van der Waals surface area (Å²) in [6.45, 7) is 0.957. The second-order valence-electron chi connectivity index (χ2n) is 5.40. The van der Waals surface area contributed by atoms with E-state index in [9.17, 15) is 19.7 Å². The minimum absolute atomic E-state index is 0.0246. The molecule has 1 aliphatic rings. The number of rotatable bonds is 5. The van der Waals surface area contributed by atoms with Crippen LogP contribution in [0.25, 0.3) is 0 Å². The summed E-state index contributed by atoms with van der Waals surface area (Å²) in [5, 5.41) is 11.3. The quantitative estimate of drug-likeness (QED) is 0.500. The zero-order chi connectivity index (χ0) is 16.8. The van der Waals surface area contributed by atoms with E-state index in [0.717, 1.165) is 38.8 Å². The number of nitro groups is 1. The van der Waals surface area contributed by atoms with Gasteiger partial charge >= 0.3 is 5.97 Å². The molecule has 1 aromatic carbocycles. The molecule has 8 nitrogen and oxygen atoms in total. The number of carbonyl (C=O) groups excluding carboxylic acids is 2. The number of ether oxygens (including phenoxy) is 1. The summed E-state index contributed by atoms with van der Waals surface area (Å²) >= 11 is 0. The van der Waals surface area contributed by atoms with Crippen molar-refractivity contribution in [3.8, 4) is 0 Å². The van der Waals surface area contributed by atoms with Gasteiger partial charge in [-0.2, -0.15) is 0 Å². The fraction of sp³-hybridized carbons (Fsp3) is 0.467. The number of esters is 1. The van der Waals surface area contributed by atoms with Crippen LogP contribution in [0, 0.1) is 10.1 Å². The van der Waals surface area contributed by atoms with Gasteiger partial charge in [-0.1, -0.05) is 12.8 Å². The van der Waals surface area contributed by atoms with Gasteiger partial charge in [-0.05, 0) is 25.0 Å². The van der Waals surface area contributed by atoms with Gasteiger partial charge in [-0.3, -0.25) is 14.9 Å². The van der Waals surface area contributed by atoms with E-state index < -0.39 is 23.4 Å². The molecule has 1 amide bonds. The van der Waals surface area contributed by atoms with Gasteiger partial charge in [-0.15, -0.1) is 0 Å². The SMILES string of the molecule is NC(=O)COC(=O)c1ccc(N2CCCCCC2)c([N+](=O)[O-])c1. The molecule has 1 saturated heterocycles. The second-order valence-corrected chi connectivity index (χ2v) is 5.40. The van der Waals surface area contributed by atoms with Crippen LogP contribution in [0.15, 0.2) is 18.2 Å². The van der Waals surface area contributed by atoms with Gasteiger partial charge in [0.05, 0.1) is 10.5 Å². The number of primary amides is 1. The van der Waals surface area contributed by atoms with E-state index in [0.29, 0.717) is 5.69 Å². The van der Waals surface area contributed by atoms with Crippen LogP contribution in [0.1, 0.15) is 36.0 Å². The molecule has 0 atom stereocenters. The van der Waals surface area contributed by atoms with E-state index in [2.05, 4.69) is 4.74 Å². The van der Waals surface area contributed by atoms with Crippen LogP contribution in [0.3, 0.4) is 0 Å². The summed E-state index contributed by atoms with van der Waals surface area (Å²) < 4.78 is 4.68. The first-order valence-corrected chi connectivity index (χ1v) is 7.48. The maximum atomic E-state index is 11.8. The normalized spacial score (nSPS) is 14.9. The zero-order valence-corrected chi connectivity index (χ0v) is 12.7. The maximum absolute atomic E-state index is 11.8. The Hall–Kier alpha value is -2.64. The molecule has 2 rings (SSSR count). The molecule has 0 saturated carbocycles. The molecule has 1 aromatic rings. The first-order chi connectivity index (χ1) is 11.0. The van der Waals surface area contributed by atoms with Crippen molar-refractivity contribution in [2.24, 2.45) is 5.73 Å². The highest BCUT2D eigenvalue weighted by atomic mass is 16.6. The van der Waals surface area contributed by atoms with E-state index >= 15 is 0 Å². The van der Waals surface area contributed by atoms with Gasteiger partial charge in [-0.25, -0.2) is 4.79 Å². The van der Waals surface area contributed by atoms with Crippen LogP contribution in [0.2, 0.25) is 0 Å². The third-order valence-corrected chi connectivity index (χ3v) is 3.70. The summed E-state index contributed by atoms with van der Waals surface area (Å²) in [4.78, 5) is 35.2. The predicted octanol–water partition coefficient (Wildman–Crippen LogP) is 1.62. The lowest BCUT2D eigenvalue weighted by Gasteiger charge is -2.22. The number of amides is 1. The Bertz CT molecular complexity index is 609. The molecule has 0 aromatic heterocycles. The Morgan fingerprint density at radius 2 is 1.87 bits per heavy atom. The number of nitro benzene ring substituents is 1. The predicted molar refractivity (Wildman–Crippen MR) is 83.3 cm³/mol. The average molecular weight is 321 g/mol. The minimum atomic E-state index is -0.811. The smallest absolute Gasteiger partial charge is 0.338 e. The molecule has 1 aliphatic heterocycles. The molecule has 2 N–H and O–H groups in total. The molecule has 0 unspecified atom stereocenters. The van der Waals surface area contributed by atoms with Crippen molar-refractivity contribution in [2.75, 3.05) is 24.6 Å². The van der Waals surface area contributed by atoms with E-state index in [4.69, 9.17) is 5.73 Å². The van der Waals surface area contributed by atoms with Crippen molar-refractivity contribution in [2.45, 2.75) is 25.7 Å². The van der Waals surface area contributed by atoms with Crippen LogP contribution in [0.5, 0.6) is 0 Å². The number of carbonyl (C=O) groups is 2. The molecule has 1 fully saturated rings. The number of anilines is 1. The lowest BCUT2D eigenvalue weighted by molar-refractivity contribution is -0.384. The fourth-order valence-corrected chi connectivity index (χ4v) is 2.60. The van der Waals surface area contributed by atoms with Crippen molar-refractivity contribution in [1.29, 1.82) is 0 Å². The molecule has 0 aliphatic carbocycles. The van der Waals surface area contributed by atoms with E-state index in [1.54, 1.807) is 6.07 Å². The first-order valence-electron chi connectivity index (χ1n) is 7.48. The maximum Gasteiger partial charge on any atom is 0.338 e. The summed E-state index contributed by atoms with van der Waals surface area (Å²) in [6, 6.07) is 4.21. The molecule has 23 heavy (non-hydrogen) atoms. The van der Waals surface area contributed by atoms with Crippen LogP contribution in [-0.2, 0) is 9.53 Å². The number of benzene rings is 1. The Labute approximate surface area is 133 Å².